The number of carbonyl (C=O) groups excluding carboxylic acids is 2. The Hall–Kier alpha value is -3.80. The third-order valence-electron chi connectivity index (χ3n) is 6.09. The molecule has 2 atom stereocenters. The highest BCUT2D eigenvalue weighted by Gasteiger charge is 2.49. The van der Waals surface area contributed by atoms with Gasteiger partial charge in [0.15, 0.2) is 5.72 Å². The zero-order valence-corrected chi connectivity index (χ0v) is 18.1. The number of ether oxygens (including phenoxy) is 1. The number of rotatable bonds is 4. The van der Waals surface area contributed by atoms with E-state index in [0.717, 1.165) is 22.4 Å². The summed E-state index contributed by atoms with van der Waals surface area (Å²) >= 11 is 0. The fourth-order valence-corrected chi connectivity index (χ4v) is 4.55. The van der Waals surface area contributed by atoms with Crippen LogP contribution >= 0.6 is 0 Å². The van der Waals surface area contributed by atoms with Gasteiger partial charge in [-0.3, -0.25) is 9.69 Å². The molecule has 0 aliphatic carbocycles. The van der Waals surface area contributed by atoms with Crippen LogP contribution in [-0.4, -0.2) is 17.7 Å². The smallest absolute Gasteiger partial charge is 0.325 e. The van der Waals surface area contributed by atoms with Crippen molar-refractivity contribution in [2.45, 2.75) is 38.6 Å². The van der Waals surface area contributed by atoms with Gasteiger partial charge in [0.05, 0.1) is 11.7 Å². The maximum Gasteiger partial charge on any atom is 0.325 e. The second kappa shape index (κ2) is 7.71. The third-order valence-corrected chi connectivity index (χ3v) is 6.09. The van der Waals surface area contributed by atoms with E-state index in [1.807, 2.05) is 62.4 Å². The van der Waals surface area contributed by atoms with Gasteiger partial charge in [-0.25, -0.2) is 4.79 Å². The molecule has 3 aromatic carbocycles. The Balaban J connectivity index is 1.41. The molecule has 1 saturated heterocycles. The van der Waals surface area contributed by atoms with Gasteiger partial charge in [-0.2, -0.15) is 0 Å². The average Bonchev–Trinajstić information content (AvgIpc) is 2.78. The summed E-state index contributed by atoms with van der Waals surface area (Å²) in [5.41, 5.74) is 3.41. The minimum atomic E-state index is -0.853. The summed E-state index contributed by atoms with van der Waals surface area (Å²) in [5, 5.41) is 6.05. The number of hydrogen-bond acceptors (Lipinski definition) is 3. The standard InChI is InChI=1S/C26H25N3O3/c1-17-11-12-23-21(13-17)22-15-26(2,32-23)29(25(31)28-22)20-10-6-9-19(14-20)24(30)27-16-18-7-4-3-5-8-18/h3-14,22H,15-16H2,1-2H3,(H,27,30)(H,28,31). The predicted molar refractivity (Wildman–Crippen MR) is 123 cm³/mol. The molecule has 2 unspecified atom stereocenters. The Bertz CT molecular complexity index is 1190. The molecule has 0 aromatic heterocycles. The van der Waals surface area contributed by atoms with E-state index in [2.05, 4.69) is 16.7 Å². The van der Waals surface area contributed by atoms with Gasteiger partial charge in [0.25, 0.3) is 5.91 Å². The molecule has 2 bridgehead atoms. The monoisotopic (exact) mass is 427 g/mol. The van der Waals surface area contributed by atoms with Crippen LogP contribution in [0.5, 0.6) is 5.75 Å². The number of amides is 3. The van der Waals surface area contributed by atoms with Crippen molar-refractivity contribution in [1.29, 1.82) is 0 Å². The second-order valence-corrected chi connectivity index (χ2v) is 8.58. The van der Waals surface area contributed by atoms with E-state index in [-0.39, 0.29) is 18.0 Å². The molecule has 162 valence electrons. The SMILES string of the molecule is Cc1ccc2c(c1)C1CC(C)(O2)N(c2cccc(C(=O)NCc3ccccc3)c2)C(=O)N1. The third kappa shape index (κ3) is 3.58. The molecule has 0 radical (unpaired) electrons. The van der Waals surface area contributed by atoms with E-state index < -0.39 is 5.72 Å². The maximum absolute atomic E-state index is 13.1. The molecule has 2 aliphatic heterocycles. The van der Waals surface area contributed by atoms with Crippen molar-refractivity contribution in [3.8, 4) is 5.75 Å². The minimum Gasteiger partial charge on any atom is -0.467 e. The fraction of sp³-hybridized carbons (Fsp3) is 0.231. The summed E-state index contributed by atoms with van der Waals surface area (Å²) in [6.07, 6.45) is 0.611. The van der Waals surface area contributed by atoms with Crippen LogP contribution in [0.4, 0.5) is 10.5 Å². The van der Waals surface area contributed by atoms with E-state index in [4.69, 9.17) is 4.74 Å². The van der Waals surface area contributed by atoms with Crippen LogP contribution in [0, 0.1) is 6.92 Å². The fourth-order valence-electron chi connectivity index (χ4n) is 4.55. The zero-order valence-electron chi connectivity index (χ0n) is 18.1. The van der Waals surface area contributed by atoms with E-state index in [0.29, 0.717) is 24.2 Å². The summed E-state index contributed by atoms with van der Waals surface area (Å²) in [6, 6.07) is 22.5. The maximum atomic E-state index is 13.1. The van der Waals surface area contributed by atoms with Crippen molar-refractivity contribution >= 4 is 17.6 Å². The number of nitrogens with one attached hydrogen (secondary N) is 2. The minimum absolute atomic E-state index is 0.107. The number of fused-ring (bicyclic) bond motifs is 4. The van der Waals surface area contributed by atoms with Crippen molar-refractivity contribution in [3.05, 3.63) is 95.1 Å². The van der Waals surface area contributed by atoms with Crippen molar-refractivity contribution in [3.63, 3.8) is 0 Å². The molecule has 2 heterocycles. The highest BCUT2D eigenvalue weighted by Crippen LogP contribution is 2.45. The first-order valence-corrected chi connectivity index (χ1v) is 10.8. The van der Waals surface area contributed by atoms with Gasteiger partial charge in [-0.15, -0.1) is 0 Å². The highest BCUT2D eigenvalue weighted by molar-refractivity contribution is 5.99. The first-order chi connectivity index (χ1) is 15.4. The second-order valence-electron chi connectivity index (χ2n) is 8.58. The van der Waals surface area contributed by atoms with Crippen molar-refractivity contribution in [2.24, 2.45) is 0 Å². The predicted octanol–water partition coefficient (Wildman–Crippen LogP) is 4.69. The van der Waals surface area contributed by atoms with Gasteiger partial charge in [0.2, 0.25) is 0 Å². The topological polar surface area (TPSA) is 70.7 Å². The summed E-state index contributed by atoms with van der Waals surface area (Å²) in [5.74, 6) is 0.581. The molecule has 0 saturated carbocycles. The van der Waals surface area contributed by atoms with E-state index >= 15 is 0 Å². The molecular formula is C26H25N3O3. The molecule has 1 fully saturated rings. The summed E-state index contributed by atoms with van der Waals surface area (Å²) in [4.78, 5) is 27.5. The van der Waals surface area contributed by atoms with Gasteiger partial charge in [-0.1, -0.05) is 54.1 Å². The number of nitrogens with zero attached hydrogens (tertiary/aromatic N) is 1. The van der Waals surface area contributed by atoms with Crippen LogP contribution in [0.1, 0.15) is 46.4 Å². The van der Waals surface area contributed by atoms with Gasteiger partial charge in [0.1, 0.15) is 5.75 Å². The summed E-state index contributed by atoms with van der Waals surface area (Å²) in [6.45, 7) is 4.38. The Morgan fingerprint density at radius 3 is 2.75 bits per heavy atom. The Morgan fingerprint density at radius 1 is 1.12 bits per heavy atom. The Labute approximate surface area is 187 Å². The molecular weight excluding hydrogens is 402 g/mol. The van der Waals surface area contributed by atoms with Gasteiger partial charge in [-0.05, 0) is 43.7 Å². The lowest BCUT2D eigenvalue weighted by Gasteiger charge is -2.50. The van der Waals surface area contributed by atoms with Crippen molar-refractivity contribution in [1.82, 2.24) is 10.6 Å². The molecule has 0 spiro atoms. The zero-order chi connectivity index (χ0) is 22.3. The van der Waals surface area contributed by atoms with E-state index in [1.54, 1.807) is 23.1 Å². The van der Waals surface area contributed by atoms with E-state index in [9.17, 15) is 9.59 Å². The van der Waals surface area contributed by atoms with Crippen LogP contribution in [0.25, 0.3) is 0 Å². The first kappa shape index (κ1) is 20.1. The lowest BCUT2D eigenvalue weighted by atomic mass is 9.89. The molecule has 2 N–H and O–H groups in total. The van der Waals surface area contributed by atoms with Crippen molar-refractivity contribution < 1.29 is 14.3 Å². The molecule has 5 rings (SSSR count). The number of anilines is 1. The molecule has 3 aromatic rings. The molecule has 6 heteroatoms. The van der Waals surface area contributed by atoms with Crippen molar-refractivity contribution in [2.75, 3.05) is 4.90 Å². The van der Waals surface area contributed by atoms with Crippen LogP contribution in [0.2, 0.25) is 0 Å². The number of aryl methyl sites for hydroxylation is 1. The first-order valence-electron chi connectivity index (χ1n) is 10.8. The highest BCUT2D eigenvalue weighted by atomic mass is 16.5. The van der Waals surface area contributed by atoms with Gasteiger partial charge < -0.3 is 15.4 Å². The van der Waals surface area contributed by atoms with Crippen LogP contribution < -0.4 is 20.3 Å². The van der Waals surface area contributed by atoms with Crippen LogP contribution in [0.3, 0.4) is 0 Å². The quantitative estimate of drug-likeness (QED) is 0.634. The van der Waals surface area contributed by atoms with Gasteiger partial charge in [0, 0.05) is 24.1 Å². The normalized spacial score (nSPS) is 21.2. The average molecular weight is 428 g/mol. The van der Waals surface area contributed by atoms with E-state index in [1.165, 1.54) is 0 Å². The largest absolute Gasteiger partial charge is 0.467 e. The summed E-state index contributed by atoms with van der Waals surface area (Å²) < 4.78 is 6.35. The molecule has 6 nitrogen and oxygen atoms in total. The Kier molecular flexibility index (Phi) is 4.85. The van der Waals surface area contributed by atoms with Crippen LogP contribution in [0.15, 0.2) is 72.8 Å². The van der Waals surface area contributed by atoms with Crippen LogP contribution in [-0.2, 0) is 6.54 Å². The molecule has 32 heavy (non-hydrogen) atoms. The number of urea groups is 1. The molecule has 3 amide bonds. The lowest BCUT2D eigenvalue weighted by molar-refractivity contribution is 0.0378. The molecule has 2 aliphatic rings. The number of carbonyl (C=O) groups is 2. The number of hydrogen-bond donors (Lipinski definition) is 2. The number of benzene rings is 3. The summed E-state index contributed by atoms with van der Waals surface area (Å²) in [7, 11) is 0. The Morgan fingerprint density at radius 2 is 1.94 bits per heavy atom. The van der Waals surface area contributed by atoms with Gasteiger partial charge >= 0.3 is 6.03 Å². The lowest BCUT2D eigenvalue weighted by Crippen LogP contribution is -2.65.